The maximum Gasteiger partial charge on any atom is 0.258 e. The molecule has 31 heavy (non-hydrogen) atoms. The molecule has 1 unspecified atom stereocenters. The Morgan fingerprint density at radius 1 is 1.03 bits per heavy atom. The third kappa shape index (κ3) is 4.32. The second-order valence-corrected chi connectivity index (χ2v) is 7.78. The lowest BCUT2D eigenvalue weighted by atomic mass is 9.92. The van der Waals surface area contributed by atoms with Crippen LogP contribution in [0.25, 0.3) is 0 Å². The van der Waals surface area contributed by atoms with Crippen molar-refractivity contribution in [3.8, 4) is 0 Å². The van der Waals surface area contributed by atoms with E-state index >= 15 is 0 Å². The third-order valence-electron chi connectivity index (χ3n) is 5.23. The zero-order valence-corrected chi connectivity index (χ0v) is 17.5. The molecular formula is C23H23N5O3. The fourth-order valence-electron chi connectivity index (χ4n) is 3.52. The second-order valence-electron chi connectivity index (χ2n) is 7.78. The van der Waals surface area contributed by atoms with Gasteiger partial charge in [-0.15, -0.1) is 0 Å². The number of carbonyl (C=O) groups is 2. The number of nitrogens with one attached hydrogen (secondary N) is 4. The van der Waals surface area contributed by atoms with E-state index in [4.69, 9.17) is 0 Å². The van der Waals surface area contributed by atoms with Gasteiger partial charge in [0.2, 0.25) is 17.8 Å². The Bertz CT molecular complexity index is 1230. The first-order chi connectivity index (χ1) is 14.8. The van der Waals surface area contributed by atoms with Gasteiger partial charge < -0.3 is 16.0 Å². The van der Waals surface area contributed by atoms with E-state index in [0.717, 1.165) is 22.4 Å². The minimum Gasteiger partial charge on any atom is -0.326 e. The highest BCUT2D eigenvalue weighted by Crippen LogP contribution is 2.30. The Morgan fingerprint density at radius 2 is 1.74 bits per heavy atom. The Morgan fingerprint density at radius 3 is 2.48 bits per heavy atom. The number of aromatic nitrogens is 2. The van der Waals surface area contributed by atoms with E-state index < -0.39 is 17.4 Å². The molecule has 1 atom stereocenters. The van der Waals surface area contributed by atoms with Gasteiger partial charge in [-0.3, -0.25) is 19.4 Å². The maximum absolute atomic E-state index is 13.0. The number of amides is 2. The molecule has 0 radical (unpaired) electrons. The molecule has 8 nitrogen and oxygen atoms in total. The van der Waals surface area contributed by atoms with Crippen LogP contribution >= 0.6 is 0 Å². The Balaban J connectivity index is 1.65. The van der Waals surface area contributed by atoms with Gasteiger partial charge in [0, 0.05) is 17.8 Å². The average molecular weight is 417 g/mol. The van der Waals surface area contributed by atoms with Gasteiger partial charge >= 0.3 is 0 Å². The molecule has 1 aromatic heterocycles. The normalized spacial score (nSPS) is 15.1. The van der Waals surface area contributed by atoms with Crippen molar-refractivity contribution in [2.45, 2.75) is 33.1 Å². The van der Waals surface area contributed by atoms with Gasteiger partial charge in [0.1, 0.15) is 5.82 Å². The summed E-state index contributed by atoms with van der Waals surface area (Å²) in [6.45, 7) is 5.78. The van der Waals surface area contributed by atoms with E-state index in [1.54, 1.807) is 0 Å². The van der Waals surface area contributed by atoms with Crippen LogP contribution in [0.2, 0.25) is 0 Å². The Hall–Kier alpha value is -3.94. The minimum absolute atomic E-state index is 0.0933. The van der Waals surface area contributed by atoms with Crippen LogP contribution in [0.3, 0.4) is 0 Å². The van der Waals surface area contributed by atoms with E-state index in [9.17, 15) is 14.4 Å². The molecule has 8 heteroatoms. The smallest absolute Gasteiger partial charge is 0.258 e. The van der Waals surface area contributed by atoms with Crippen LogP contribution in [0.15, 0.2) is 47.3 Å². The summed E-state index contributed by atoms with van der Waals surface area (Å²) in [5.41, 5.74) is 4.05. The van der Waals surface area contributed by atoms with Gasteiger partial charge in [-0.1, -0.05) is 29.8 Å². The summed E-state index contributed by atoms with van der Waals surface area (Å²) in [6.07, 6.45) is -0.126. The van der Waals surface area contributed by atoms with Crippen LogP contribution in [-0.2, 0) is 9.59 Å². The fourth-order valence-corrected chi connectivity index (χ4v) is 3.52. The third-order valence-corrected chi connectivity index (χ3v) is 5.23. The quantitative estimate of drug-likeness (QED) is 0.518. The number of aryl methyl sites for hydroxylation is 3. The number of hydrogen-bond acceptors (Lipinski definition) is 5. The van der Waals surface area contributed by atoms with Gasteiger partial charge in [-0.25, -0.2) is 0 Å². The van der Waals surface area contributed by atoms with Crippen molar-refractivity contribution in [1.82, 2.24) is 9.97 Å². The summed E-state index contributed by atoms with van der Waals surface area (Å²) in [5, 5.41) is 8.49. The summed E-state index contributed by atoms with van der Waals surface area (Å²) in [5.74, 6) is -1.45. The van der Waals surface area contributed by atoms with E-state index in [2.05, 4.69) is 25.9 Å². The van der Waals surface area contributed by atoms with Gasteiger partial charge in [-0.05, 0) is 50.1 Å². The molecule has 0 saturated carbocycles. The van der Waals surface area contributed by atoms with E-state index in [-0.39, 0.29) is 29.7 Å². The van der Waals surface area contributed by atoms with E-state index in [1.807, 2.05) is 63.2 Å². The summed E-state index contributed by atoms with van der Waals surface area (Å²) >= 11 is 0. The van der Waals surface area contributed by atoms with Gasteiger partial charge in [0.25, 0.3) is 5.56 Å². The van der Waals surface area contributed by atoms with Gasteiger partial charge in [-0.2, -0.15) is 4.98 Å². The first kappa shape index (κ1) is 20.3. The minimum atomic E-state index is -0.937. The van der Waals surface area contributed by atoms with Crippen molar-refractivity contribution < 1.29 is 9.59 Å². The zero-order valence-electron chi connectivity index (χ0n) is 17.5. The number of H-pyrrole nitrogens is 1. The number of anilines is 4. The van der Waals surface area contributed by atoms with E-state index in [1.165, 1.54) is 0 Å². The molecule has 2 heterocycles. The van der Waals surface area contributed by atoms with Crippen LogP contribution in [0.4, 0.5) is 23.1 Å². The molecule has 0 spiro atoms. The number of aromatic amines is 1. The lowest BCUT2D eigenvalue weighted by molar-refractivity contribution is -0.123. The molecule has 0 bridgehead atoms. The molecule has 2 aromatic carbocycles. The molecular weight excluding hydrogens is 394 g/mol. The SMILES string of the molecule is Cc1ccc(Nc2nc3c(c(=O)[nH]2)C(C(=O)Nc2cc(C)ccc2C)CC(=O)N3)cc1. The molecule has 4 N–H and O–H groups in total. The summed E-state index contributed by atoms with van der Waals surface area (Å²) in [6, 6.07) is 13.3. The molecule has 0 fully saturated rings. The number of rotatable bonds is 4. The monoisotopic (exact) mass is 417 g/mol. The number of fused-ring (bicyclic) bond motifs is 1. The summed E-state index contributed by atoms with van der Waals surface area (Å²) in [7, 11) is 0. The fraction of sp³-hybridized carbons (Fsp3) is 0.217. The first-order valence-corrected chi connectivity index (χ1v) is 9.96. The van der Waals surface area contributed by atoms with Crippen molar-refractivity contribution in [1.29, 1.82) is 0 Å². The van der Waals surface area contributed by atoms with Gasteiger partial charge in [0.15, 0.2) is 0 Å². The number of nitrogens with zero attached hydrogens (tertiary/aromatic N) is 1. The highest BCUT2D eigenvalue weighted by molar-refractivity contribution is 6.04. The lowest BCUT2D eigenvalue weighted by Gasteiger charge is -2.24. The number of carbonyl (C=O) groups excluding carboxylic acids is 2. The predicted octanol–water partition coefficient (Wildman–Crippen LogP) is 3.50. The topological polar surface area (TPSA) is 116 Å². The Labute approximate surface area is 179 Å². The maximum atomic E-state index is 13.0. The molecule has 4 rings (SSSR count). The summed E-state index contributed by atoms with van der Waals surface area (Å²) in [4.78, 5) is 45.1. The van der Waals surface area contributed by atoms with Crippen molar-refractivity contribution in [3.05, 3.63) is 75.1 Å². The number of hydrogen-bond donors (Lipinski definition) is 4. The van der Waals surface area contributed by atoms with Crippen LogP contribution in [0.1, 0.15) is 34.6 Å². The largest absolute Gasteiger partial charge is 0.326 e. The molecule has 158 valence electrons. The van der Waals surface area contributed by atoms with Crippen LogP contribution in [0, 0.1) is 20.8 Å². The van der Waals surface area contributed by atoms with Crippen LogP contribution in [0.5, 0.6) is 0 Å². The molecule has 3 aromatic rings. The Kier molecular flexibility index (Phi) is 5.29. The first-order valence-electron chi connectivity index (χ1n) is 9.96. The van der Waals surface area contributed by atoms with Crippen molar-refractivity contribution in [3.63, 3.8) is 0 Å². The predicted molar refractivity (Wildman–Crippen MR) is 120 cm³/mol. The van der Waals surface area contributed by atoms with Gasteiger partial charge in [0.05, 0.1) is 11.5 Å². The van der Waals surface area contributed by atoms with Crippen LogP contribution in [-0.4, -0.2) is 21.8 Å². The van der Waals surface area contributed by atoms with E-state index in [0.29, 0.717) is 5.69 Å². The van der Waals surface area contributed by atoms with Crippen molar-refractivity contribution >= 4 is 35.0 Å². The molecule has 0 aliphatic carbocycles. The molecule has 1 aliphatic rings. The van der Waals surface area contributed by atoms with Crippen molar-refractivity contribution in [2.24, 2.45) is 0 Å². The van der Waals surface area contributed by atoms with Crippen molar-refractivity contribution in [2.75, 3.05) is 16.0 Å². The molecule has 2 amide bonds. The number of benzene rings is 2. The molecule has 0 saturated heterocycles. The summed E-state index contributed by atoms with van der Waals surface area (Å²) < 4.78 is 0. The average Bonchev–Trinajstić information content (AvgIpc) is 2.71. The second kappa shape index (κ2) is 8.06. The highest BCUT2D eigenvalue weighted by atomic mass is 16.2. The zero-order chi connectivity index (χ0) is 22.1. The highest BCUT2D eigenvalue weighted by Gasteiger charge is 2.35. The van der Waals surface area contributed by atoms with Crippen LogP contribution < -0.4 is 21.5 Å². The molecule has 1 aliphatic heterocycles. The lowest BCUT2D eigenvalue weighted by Crippen LogP contribution is -2.36. The standard InChI is InChI=1S/C23H23N5O3/c1-12-5-8-15(9-6-12)24-23-27-20-19(22(31)28-23)16(11-18(29)26-20)21(30)25-17-10-13(2)4-7-14(17)3/h4-10,16H,11H2,1-3H3,(H,25,30)(H3,24,26,27,28,29,31).